The lowest BCUT2D eigenvalue weighted by Gasteiger charge is -2.21. The largest absolute Gasteiger partial charge is 0.0695 e. The second-order valence-electron chi connectivity index (χ2n) is 5.44. The standard InChI is InChI=1S/C17H20/c1-12-6-9-14(10-7-12)16-5-3-4-15-13(2)8-11-17(15)16/h6-7,9-10H,3-5,8,11H2,1-2H3. The van der Waals surface area contributed by atoms with Crippen LogP contribution in [-0.2, 0) is 0 Å². The molecule has 1 aromatic rings. The van der Waals surface area contributed by atoms with Crippen molar-refractivity contribution in [1.29, 1.82) is 0 Å². The molecule has 17 heavy (non-hydrogen) atoms. The fraction of sp³-hybridized carbons (Fsp3) is 0.412. The van der Waals surface area contributed by atoms with E-state index in [0.717, 1.165) is 0 Å². The van der Waals surface area contributed by atoms with Crippen LogP contribution in [0.2, 0.25) is 0 Å². The van der Waals surface area contributed by atoms with Crippen molar-refractivity contribution in [3.8, 4) is 0 Å². The summed E-state index contributed by atoms with van der Waals surface area (Å²) in [5.41, 5.74) is 9.45. The molecule has 0 radical (unpaired) electrons. The first-order valence-corrected chi connectivity index (χ1v) is 6.74. The molecule has 0 bridgehead atoms. The van der Waals surface area contributed by atoms with Crippen molar-refractivity contribution in [2.45, 2.75) is 46.0 Å². The predicted molar refractivity (Wildman–Crippen MR) is 73.9 cm³/mol. The lowest BCUT2D eigenvalue weighted by atomic mass is 9.84. The topological polar surface area (TPSA) is 0 Å². The van der Waals surface area contributed by atoms with Crippen LogP contribution < -0.4 is 0 Å². The number of fused-ring (bicyclic) bond motifs is 1. The molecule has 0 spiro atoms. The highest BCUT2D eigenvalue weighted by atomic mass is 14.3. The molecule has 0 N–H and O–H groups in total. The molecule has 0 unspecified atom stereocenters. The van der Waals surface area contributed by atoms with E-state index in [0.29, 0.717) is 0 Å². The lowest BCUT2D eigenvalue weighted by molar-refractivity contribution is 0.813. The van der Waals surface area contributed by atoms with Crippen LogP contribution in [0.4, 0.5) is 0 Å². The number of aryl methyl sites for hydroxylation is 1. The molecule has 3 rings (SSSR count). The first kappa shape index (κ1) is 10.8. The molecule has 88 valence electrons. The molecular formula is C17H20. The van der Waals surface area contributed by atoms with E-state index in [1.807, 2.05) is 0 Å². The van der Waals surface area contributed by atoms with Crippen molar-refractivity contribution >= 4 is 5.57 Å². The first-order chi connectivity index (χ1) is 8.25. The normalized spacial score (nSPS) is 19.9. The maximum Gasteiger partial charge on any atom is -0.0221 e. The van der Waals surface area contributed by atoms with E-state index in [1.165, 1.54) is 43.2 Å². The zero-order valence-electron chi connectivity index (χ0n) is 10.8. The maximum absolute atomic E-state index is 2.32. The first-order valence-electron chi connectivity index (χ1n) is 6.74. The third-order valence-corrected chi connectivity index (χ3v) is 4.25. The average Bonchev–Trinajstić information content (AvgIpc) is 2.73. The maximum atomic E-state index is 2.32. The fourth-order valence-corrected chi connectivity index (χ4v) is 3.24. The van der Waals surface area contributed by atoms with Gasteiger partial charge in [-0.25, -0.2) is 0 Å². The molecule has 1 aromatic carbocycles. The van der Waals surface area contributed by atoms with Crippen molar-refractivity contribution < 1.29 is 0 Å². The summed E-state index contributed by atoms with van der Waals surface area (Å²) in [4.78, 5) is 0. The monoisotopic (exact) mass is 224 g/mol. The van der Waals surface area contributed by atoms with Gasteiger partial charge in [0.25, 0.3) is 0 Å². The van der Waals surface area contributed by atoms with E-state index in [-0.39, 0.29) is 0 Å². The number of allylic oxidation sites excluding steroid dienone is 4. The molecule has 0 atom stereocenters. The van der Waals surface area contributed by atoms with E-state index < -0.39 is 0 Å². The Kier molecular flexibility index (Phi) is 2.66. The summed E-state index contributed by atoms with van der Waals surface area (Å²) in [7, 11) is 0. The number of benzene rings is 1. The van der Waals surface area contributed by atoms with Gasteiger partial charge in [-0.05, 0) is 68.2 Å². The number of hydrogen-bond acceptors (Lipinski definition) is 0. The van der Waals surface area contributed by atoms with E-state index in [2.05, 4.69) is 38.1 Å². The average molecular weight is 224 g/mol. The minimum absolute atomic E-state index is 1.27. The smallest absolute Gasteiger partial charge is 0.0221 e. The van der Waals surface area contributed by atoms with Gasteiger partial charge in [-0.15, -0.1) is 0 Å². The molecule has 0 aliphatic heterocycles. The Hall–Kier alpha value is -1.30. The molecule has 0 aromatic heterocycles. The van der Waals surface area contributed by atoms with Gasteiger partial charge in [0.1, 0.15) is 0 Å². The molecule has 0 heteroatoms. The molecular weight excluding hydrogens is 204 g/mol. The molecule has 0 saturated heterocycles. The molecule has 2 aliphatic rings. The zero-order chi connectivity index (χ0) is 11.8. The van der Waals surface area contributed by atoms with Gasteiger partial charge in [0.05, 0.1) is 0 Å². The second-order valence-corrected chi connectivity index (χ2v) is 5.44. The van der Waals surface area contributed by atoms with Crippen LogP contribution in [0.5, 0.6) is 0 Å². The highest BCUT2D eigenvalue weighted by Crippen LogP contribution is 2.44. The van der Waals surface area contributed by atoms with E-state index in [4.69, 9.17) is 0 Å². The third kappa shape index (κ3) is 1.86. The van der Waals surface area contributed by atoms with E-state index >= 15 is 0 Å². The Labute approximate surface area is 104 Å². The Balaban J connectivity index is 2.08. The highest BCUT2D eigenvalue weighted by molar-refractivity contribution is 5.75. The van der Waals surface area contributed by atoms with Crippen LogP contribution in [0.15, 0.2) is 41.0 Å². The van der Waals surface area contributed by atoms with Crippen molar-refractivity contribution in [3.63, 3.8) is 0 Å². The van der Waals surface area contributed by atoms with Gasteiger partial charge < -0.3 is 0 Å². The van der Waals surface area contributed by atoms with E-state index in [1.54, 1.807) is 22.3 Å². The molecule has 0 saturated carbocycles. The van der Waals surface area contributed by atoms with Gasteiger partial charge in [0, 0.05) is 0 Å². The van der Waals surface area contributed by atoms with E-state index in [9.17, 15) is 0 Å². The van der Waals surface area contributed by atoms with Crippen molar-refractivity contribution in [1.82, 2.24) is 0 Å². The van der Waals surface area contributed by atoms with Gasteiger partial charge in [-0.1, -0.05) is 35.4 Å². The minimum Gasteiger partial charge on any atom is -0.0695 e. The van der Waals surface area contributed by atoms with Crippen LogP contribution in [0.1, 0.15) is 50.2 Å². The summed E-state index contributed by atoms with van der Waals surface area (Å²) in [5.74, 6) is 0. The summed E-state index contributed by atoms with van der Waals surface area (Å²) in [6.45, 7) is 4.48. The summed E-state index contributed by atoms with van der Waals surface area (Å²) in [6, 6.07) is 9.08. The Morgan fingerprint density at radius 2 is 1.41 bits per heavy atom. The highest BCUT2D eigenvalue weighted by Gasteiger charge is 2.24. The number of rotatable bonds is 1. The molecule has 0 fully saturated rings. The Morgan fingerprint density at radius 1 is 0.706 bits per heavy atom. The third-order valence-electron chi connectivity index (χ3n) is 4.25. The van der Waals surface area contributed by atoms with Crippen LogP contribution in [0.3, 0.4) is 0 Å². The summed E-state index contributed by atoms with van der Waals surface area (Å²) in [5, 5.41) is 0. The van der Waals surface area contributed by atoms with Gasteiger partial charge in [0.2, 0.25) is 0 Å². The van der Waals surface area contributed by atoms with Gasteiger partial charge in [-0.2, -0.15) is 0 Å². The Morgan fingerprint density at radius 3 is 2.18 bits per heavy atom. The van der Waals surface area contributed by atoms with Crippen LogP contribution in [-0.4, -0.2) is 0 Å². The second kappa shape index (κ2) is 4.18. The fourth-order valence-electron chi connectivity index (χ4n) is 3.24. The van der Waals surface area contributed by atoms with Crippen LogP contribution >= 0.6 is 0 Å². The molecule has 0 amide bonds. The van der Waals surface area contributed by atoms with Crippen LogP contribution in [0, 0.1) is 6.92 Å². The predicted octanol–water partition coefficient (Wildman–Crippen LogP) is 5.04. The minimum atomic E-state index is 1.27. The zero-order valence-corrected chi connectivity index (χ0v) is 10.8. The summed E-state index contributed by atoms with van der Waals surface area (Å²) < 4.78 is 0. The molecule has 0 nitrogen and oxygen atoms in total. The van der Waals surface area contributed by atoms with Gasteiger partial charge >= 0.3 is 0 Å². The van der Waals surface area contributed by atoms with Crippen molar-refractivity contribution in [2.75, 3.05) is 0 Å². The lowest BCUT2D eigenvalue weighted by Crippen LogP contribution is -2.00. The number of hydrogen-bond donors (Lipinski definition) is 0. The van der Waals surface area contributed by atoms with Crippen molar-refractivity contribution in [3.05, 3.63) is 52.1 Å². The summed E-state index contributed by atoms with van der Waals surface area (Å²) in [6.07, 6.45) is 6.50. The van der Waals surface area contributed by atoms with Crippen LogP contribution in [0.25, 0.3) is 5.57 Å². The summed E-state index contributed by atoms with van der Waals surface area (Å²) >= 11 is 0. The van der Waals surface area contributed by atoms with Crippen molar-refractivity contribution in [2.24, 2.45) is 0 Å². The van der Waals surface area contributed by atoms with Gasteiger partial charge in [0.15, 0.2) is 0 Å². The Bertz CT molecular complexity index is 497. The SMILES string of the molecule is CC1=C2CCCC(c3ccc(C)cc3)=C2CC1. The molecule has 2 aliphatic carbocycles. The quantitative estimate of drug-likeness (QED) is 0.626. The van der Waals surface area contributed by atoms with Gasteiger partial charge in [-0.3, -0.25) is 0 Å². The molecule has 0 heterocycles.